The molecule has 4 rings (SSSR count). The zero-order valence-electron chi connectivity index (χ0n) is 14.9. The van der Waals surface area contributed by atoms with Gasteiger partial charge >= 0.3 is 6.18 Å². The van der Waals surface area contributed by atoms with Crippen molar-refractivity contribution in [2.45, 2.75) is 25.2 Å². The molecule has 0 amide bonds. The summed E-state index contributed by atoms with van der Waals surface area (Å²) in [6.45, 7) is 1.04. The Bertz CT molecular complexity index is 1030. The van der Waals surface area contributed by atoms with Gasteiger partial charge in [0.15, 0.2) is 0 Å². The normalized spacial score (nSPS) is 19.1. The van der Waals surface area contributed by atoms with Gasteiger partial charge < -0.3 is 10.0 Å². The van der Waals surface area contributed by atoms with Crippen LogP contribution in [0.3, 0.4) is 0 Å². The summed E-state index contributed by atoms with van der Waals surface area (Å²) in [5.74, 6) is -0.530. The van der Waals surface area contributed by atoms with Crippen LogP contribution >= 0.6 is 0 Å². The number of para-hydroxylation sites is 1. The molecule has 1 unspecified atom stereocenters. The number of rotatable bonds is 3. The third-order valence-corrected chi connectivity index (χ3v) is 5.13. The first-order valence-corrected chi connectivity index (χ1v) is 8.63. The van der Waals surface area contributed by atoms with Gasteiger partial charge in [0.1, 0.15) is 5.82 Å². The van der Waals surface area contributed by atoms with E-state index in [1.54, 1.807) is 24.4 Å². The standard InChI is InChI=1S/C20H17F4N3O/c1-12-15(9-25-26-12)13-6-7-14(17(21)8-13)10-27-11-19(28,20(22,23)24)16-4-2-3-5-18(16)27/h2-9,28H,10-11H2,1H3,(H,25,26). The van der Waals surface area contributed by atoms with E-state index in [0.717, 1.165) is 11.3 Å². The maximum Gasteiger partial charge on any atom is 0.423 e. The number of hydrogen-bond acceptors (Lipinski definition) is 3. The van der Waals surface area contributed by atoms with Crippen molar-refractivity contribution in [3.05, 3.63) is 71.3 Å². The van der Waals surface area contributed by atoms with Gasteiger partial charge in [-0.15, -0.1) is 0 Å². The van der Waals surface area contributed by atoms with Crippen LogP contribution < -0.4 is 4.90 Å². The number of benzene rings is 2. The molecule has 1 aliphatic rings. The minimum absolute atomic E-state index is 0.0914. The lowest BCUT2D eigenvalue weighted by atomic mass is 9.96. The Hall–Kier alpha value is -2.87. The van der Waals surface area contributed by atoms with Gasteiger partial charge in [-0.3, -0.25) is 5.10 Å². The number of alkyl halides is 3. The van der Waals surface area contributed by atoms with Crippen LogP contribution in [0.4, 0.5) is 23.2 Å². The number of anilines is 1. The lowest BCUT2D eigenvalue weighted by Crippen LogP contribution is -2.46. The lowest BCUT2D eigenvalue weighted by Gasteiger charge is -2.27. The van der Waals surface area contributed by atoms with Gasteiger partial charge in [0, 0.05) is 34.6 Å². The lowest BCUT2D eigenvalue weighted by molar-refractivity contribution is -0.259. The fourth-order valence-electron chi connectivity index (χ4n) is 3.62. The summed E-state index contributed by atoms with van der Waals surface area (Å²) < 4.78 is 55.2. The third-order valence-electron chi connectivity index (χ3n) is 5.13. The number of fused-ring (bicyclic) bond motifs is 1. The zero-order chi connectivity index (χ0) is 20.1. The maximum absolute atomic E-state index is 14.7. The summed E-state index contributed by atoms with van der Waals surface area (Å²) in [4.78, 5) is 1.35. The van der Waals surface area contributed by atoms with Crippen molar-refractivity contribution in [3.63, 3.8) is 0 Å². The summed E-state index contributed by atoms with van der Waals surface area (Å²) in [5, 5.41) is 17.0. The SMILES string of the molecule is Cc1[nH]ncc1-c1ccc(CN2CC(O)(C(F)(F)F)c3ccccc32)c(F)c1. The summed E-state index contributed by atoms with van der Waals surface area (Å²) in [5.41, 5.74) is -0.537. The van der Waals surface area contributed by atoms with Crippen molar-refractivity contribution in [3.8, 4) is 11.1 Å². The van der Waals surface area contributed by atoms with Gasteiger partial charge in [-0.25, -0.2) is 4.39 Å². The molecule has 1 atom stereocenters. The molecule has 0 bridgehead atoms. The Kier molecular flexibility index (Phi) is 4.19. The Morgan fingerprint density at radius 3 is 2.61 bits per heavy atom. The van der Waals surface area contributed by atoms with Crippen LogP contribution in [0.1, 0.15) is 16.8 Å². The smallest absolute Gasteiger partial charge is 0.375 e. The molecule has 2 heterocycles. The van der Waals surface area contributed by atoms with E-state index >= 15 is 0 Å². The predicted octanol–water partition coefficient (Wildman–Crippen LogP) is 4.29. The van der Waals surface area contributed by atoms with Crippen LogP contribution in [0.25, 0.3) is 11.1 Å². The molecule has 4 nitrogen and oxygen atoms in total. The van der Waals surface area contributed by atoms with Gasteiger partial charge in [-0.1, -0.05) is 30.3 Å². The first-order valence-electron chi connectivity index (χ1n) is 8.63. The van der Waals surface area contributed by atoms with Crippen LogP contribution in [0.2, 0.25) is 0 Å². The second-order valence-electron chi connectivity index (χ2n) is 6.95. The molecule has 0 spiro atoms. The molecule has 146 valence electrons. The number of aliphatic hydroxyl groups is 1. The van der Waals surface area contributed by atoms with Crippen molar-refractivity contribution in [1.29, 1.82) is 0 Å². The fourth-order valence-corrected chi connectivity index (χ4v) is 3.62. The quantitative estimate of drug-likeness (QED) is 0.655. The van der Waals surface area contributed by atoms with E-state index in [2.05, 4.69) is 10.2 Å². The van der Waals surface area contributed by atoms with E-state index in [0.29, 0.717) is 5.56 Å². The highest BCUT2D eigenvalue weighted by molar-refractivity contribution is 5.66. The first-order chi connectivity index (χ1) is 13.2. The number of aromatic amines is 1. The molecule has 0 saturated heterocycles. The van der Waals surface area contributed by atoms with Crippen LogP contribution in [0.5, 0.6) is 0 Å². The molecule has 0 saturated carbocycles. The topological polar surface area (TPSA) is 52.2 Å². The van der Waals surface area contributed by atoms with Crippen molar-refractivity contribution < 1.29 is 22.7 Å². The molecular weight excluding hydrogens is 374 g/mol. The summed E-state index contributed by atoms with van der Waals surface area (Å²) in [6, 6.07) is 10.4. The van der Waals surface area contributed by atoms with Crippen LogP contribution in [0, 0.1) is 12.7 Å². The summed E-state index contributed by atoms with van der Waals surface area (Å²) >= 11 is 0. The molecule has 1 aromatic heterocycles. The third kappa shape index (κ3) is 2.84. The average molecular weight is 391 g/mol. The fraction of sp³-hybridized carbons (Fsp3) is 0.250. The Morgan fingerprint density at radius 2 is 1.96 bits per heavy atom. The van der Waals surface area contributed by atoms with Crippen molar-refractivity contribution >= 4 is 5.69 Å². The zero-order valence-corrected chi connectivity index (χ0v) is 14.9. The van der Waals surface area contributed by atoms with Gasteiger partial charge in [-0.2, -0.15) is 18.3 Å². The number of hydrogen-bond donors (Lipinski definition) is 2. The molecule has 2 aromatic carbocycles. The second-order valence-corrected chi connectivity index (χ2v) is 6.95. The highest BCUT2D eigenvalue weighted by Gasteiger charge is 2.60. The molecule has 2 N–H and O–H groups in total. The van der Waals surface area contributed by atoms with E-state index in [1.165, 1.54) is 29.2 Å². The van der Waals surface area contributed by atoms with E-state index in [4.69, 9.17) is 0 Å². The molecule has 1 aliphatic heterocycles. The van der Waals surface area contributed by atoms with Gasteiger partial charge in [0.25, 0.3) is 0 Å². The van der Waals surface area contributed by atoms with Crippen LogP contribution in [0.15, 0.2) is 48.7 Å². The minimum atomic E-state index is -4.83. The number of halogens is 4. The Balaban J connectivity index is 1.66. The van der Waals surface area contributed by atoms with Crippen LogP contribution in [-0.2, 0) is 12.1 Å². The summed E-state index contributed by atoms with van der Waals surface area (Å²) in [6.07, 6.45) is -3.25. The van der Waals surface area contributed by atoms with Crippen molar-refractivity contribution in [1.82, 2.24) is 10.2 Å². The van der Waals surface area contributed by atoms with Gasteiger partial charge in [0.2, 0.25) is 5.60 Å². The second kappa shape index (κ2) is 6.34. The number of nitrogens with zero attached hydrogens (tertiary/aromatic N) is 2. The highest BCUT2D eigenvalue weighted by Crippen LogP contribution is 2.48. The molecular formula is C20H17F4N3O. The summed E-state index contributed by atoms with van der Waals surface area (Å²) in [7, 11) is 0. The minimum Gasteiger partial charge on any atom is -0.375 e. The largest absolute Gasteiger partial charge is 0.423 e. The van der Waals surface area contributed by atoms with E-state index < -0.39 is 24.1 Å². The number of aryl methyl sites for hydroxylation is 1. The van der Waals surface area contributed by atoms with Crippen molar-refractivity contribution in [2.75, 3.05) is 11.4 Å². The van der Waals surface area contributed by atoms with E-state index in [9.17, 15) is 22.7 Å². The number of aromatic nitrogens is 2. The molecule has 8 heteroatoms. The first kappa shape index (κ1) is 18.5. The molecule has 28 heavy (non-hydrogen) atoms. The van der Waals surface area contributed by atoms with E-state index in [-0.39, 0.29) is 23.4 Å². The number of H-pyrrole nitrogens is 1. The number of β-amino-alcohol motifs (C(OH)–C–C–N with tert-alkyl or cyclic N) is 1. The molecule has 0 aliphatic carbocycles. The molecule has 0 fully saturated rings. The Morgan fingerprint density at radius 1 is 1.21 bits per heavy atom. The molecule has 3 aromatic rings. The monoisotopic (exact) mass is 391 g/mol. The van der Waals surface area contributed by atoms with E-state index in [1.807, 2.05) is 6.92 Å². The average Bonchev–Trinajstić information content (AvgIpc) is 3.19. The molecule has 0 radical (unpaired) electrons. The highest BCUT2D eigenvalue weighted by atomic mass is 19.4. The van der Waals surface area contributed by atoms with Gasteiger partial charge in [0.05, 0.1) is 12.7 Å². The Labute approximate surface area is 158 Å². The number of nitrogens with one attached hydrogen (secondary N) is 1. The predicted molar refractivity (Wildman–Crippen MR) is 96.2 cm³/mol. The maximum atomic E-state index is 14.7. The van der Waals surface area contributed by atoms with Gasteiger partial charge in [-0.05, 0) is 24.6 Å². The van der Waals surface area contributed by atoms with Crippen LogP contribution in [-0.4, -0.2) is 28.0 Å². The van der Waals surface area contributed by atoms with Crippen molar-refractivity contribution in [2.24, 2.45) is 0 Å².